The second-order valence-electron chi connectivity index (χ2n) is 17.9. The lowest BCUT2D eigenvalue weighted by molar-refractivity contribution is -0.128. The molecule has 0 unspecified atom stereocenters. The van der Waals surface area contributed by atoms with Gasteiger partial charge in [-0.1, -0.05) is 70.2 Å². The molecule has 16 heteroatoms. The Morgan fingerprint density at radius 3 is 1.93 bits per heavy atom. The van der Waals surface area contributed by atoms with E-state index in [-0.39, 0.29) is 30.3 Å². The quantitative estimate of drug-likeness (QED) is 0.0223. The molecular formula is C56H64N10O5S. The van der Waals surface area contributed by atoms with Gasteiger partial charge in [0.25, 0.3) is 5.56 Å². The summed E-state index contributed by atoms with van der Waals surface area (Å²) < 4.78 is 1.49. The summed E-state index contributed by atoms with van der Waals surface area (Å²) in [5, 5.41) is 15.1. The van der Waals surface area contributed by atoms with Crippen molar-refractivity contribution in [1.29, 1.82) is 0 Å². The van der Waals surface area contributed by atoms with Crippen molar-refractivity contribution in [2.45, 2.75) is 72.8 Å². The lowest BCUT2D eigenvalue weighted by Crippen LogP contribution is -2.35. The molecule has 5 aromatic rings. The molecule has 0 atom stereocenters. The predicted octanol–water partition coefficient (Wildman–Crippen LogP) is 8.88. The normalized spacial score (nSPS) is 13.2. The van der Waals surface area contributed by atoms with Crippen LogP contribution in [0.4, 0.5) is 11.4 Å². The van der Waals surface area contributed by atoms with Crippen molar-refractivity contribution in [3.05, 3.63) is 123 Å². The number of nitrogens with two attached hydrogens (primary N) is 1. The molecule has 3 heterocycles. The maximum atomic E-state index is 14.1. The average Bonchev–Trinajstić information content (AvgIpc) is 3.68. The second kappa shape index (κ2) is 25.1. The third kappa shape index (κ3) is 12.9. The maximum absolute atomic E-state index is 14.1. The molecule has 2 amide bonds. The van der Waals surface area contributed by atoms with E-state index in [1.807, 2.05) is 88.7 Å². The third-order valence-electron chi connectivity index (χ3n) is 12.4. The second-order valence-corrected chi connectivity index (χ2v) is 19.0. The highest BCUT2D eigenvalue weighted by molar-refractivity contribution is 7.99. The van der Waals surface area contributed by atoms with Crippen molar-refractivity contribution in [3.8, 4) is 22.3 Å². The van der Waals surface area contributed by atoms with E-state index in [2.05, 4.69) is 43.2 Å². The molecule has 0 spiro atoms. The number of rotatable bonds is 22. The summed E-state index contributed by atoms with van der Waals surface area (Å²) in [5.41, 5.74) is 15.1. The largest absolute Gasteiger partial charge is 0.387 e. The molecule has 0 fully saturated rings. The smallest absolute Gasteiger partial charge is 0.274 e. The highest BCUT2D eigenvalue weighted by atomic mass is 32.2. The van der Waals surface area contributed by atoms with Crippen LogP contribution < -0.4 is 16.6 Å². The van der Waals surface area contributed by atoms with Crippen LogP contribution in [0.3, 0.4) is 0 Å². The van der Waals surface area contributed by atoms with Crippen LogP contribution in [-0.4, -0.2) is 118 Å². The van der Waals surface area contributed by atoms with Crippen LogP contribution in [0.2, 0.25) is 0 Å². The first-order valence-corrected chi connectivity index (χ1v) is 25.9. The number of thioether (sulfide) groups is 1. The Kier molecular flexibility index (Phi) is 18.2. The van der Waals surface area contributed by atoms with Crippen LogP contribution in [0, 0.1) is 0 Å². The van der Waals surface area contributed by atoms with Gasteiger partial charge in [-0.05, 0) is 90.4 Å². The highest BCUT2D eigenvalue weighted by Crippen LogP contribution is 2.35. The molecule has 4 aromatic carbocycles. The molecular weight excluding hydrogens is 925 g/mol. The number of aldehydes is 2. The van der Waals surface area contributed by atoms with Gasteiger partial charge < -0.3 is 25.6 Å². The van der Waals surface area contributed by atoms with Crippen molar-refractivity contribution < 1.29 is 19.2 Å². The van der Waals surface area contributed by atoms with E-state index in [0.717, 1.165) is 77.0 Å². The van der Waals surface area contributed by atoms with Crippen LogP contribution in [-0.2, 0) is 20.9 Å². The number of fused-ring (bicyclic) bond motifs is 3. The first-order valence-electron chi connectivity index (χ1n) is 24.8. The van der Waals surface area contributed by atoms with Gasteiger partial charge in [-0.15, -0.1) is 11.8 Å². The zero-order valence-corrected chi connectivity index (χ0v) is 42.7. The number of aromatic nitrogens is 2. The molecule has 0 aliphatic carbocycles. The van der Waals surface area contributed by atoms with Crippen molar-refractivity contribution in [2.75, 3.05) is 51.4 Å². The number of benzene rings is 4. The van der Waals surface area contributed by atoms with Crippen LogP contribution in [0.25, 0.3) is 45.2 Å². The molecule has 7 rings (SSSR count). The number of hydrazone groups is 1. The minimum absolute atomic E-state index is 0.00671. The van der Waals surface area contributed by atoms with E-state index in [1.54, 1.807) is 37.3 Å². The molecule has 374 valence electrons. The number of hydrogen-bond donors (Lipinski definition) is 2. The zero-order chi connectivity index (χ0) is 51.1. The Labute approximate surface area is 425 Å². The number of aryl methyl sites for hydroxylation is 1. The highest BCUT2D eigenvalue weighted by Gasteiger charge is 2.24. The van der Waals surface area contributed by atoms with E-state index in [0.29, 0.717) is 101 Å². The Balaban J connectivity index is 1.05. The molecule has 0 saturated heterocycles. The van der Waals surface area contributed by atoms with Gasteiger partial charge in [-0.2, -0.15) is 10.2 Å². The van der Waals surface area contributed by atoms with Gasteiger partial charge in [-0.3, -0.25) is 24.2 Å². The average molecular weight is 989 g/mol. The monoisotopic (exact) mass is 988 g/mol. The molecule has 0 radical (unpaired) electrons. The van der Waals surface area contributed by atoms with Crippen LogP contribution >= 0.6 is 11.8 Å². The first-order chi connectivity index (χ1) is 35.0. The van der Waals surface area contributed by atoms with Crippen LogP contribution in [0.1, 0.15) is 93.3 Å². The number of nitrogens with zero attached hydrogens (tertiary/aromatic N) is 8. The summed E-state index contributed by atoms with van der Waals surface area (Å²) >= 11 is 1.60. The topological polar surface area (TPSA) is 188 Å². The van der Waals surface area contributed by atoms with Crippen molar-refractivity contribution in [2.24, 2.45) is 20.8 Å². The first kappa shape index (κ1) is 52.4. The van der Waals surface area contributed by atoms with Gasteiger partial charge in [-0.25, -0.2) is 14.7 Å². The summed E-state index contributed by atoms with van der Waals surface area (Å²) in [5.74, 6) is 2.07. The van der Waals surface area contributed by atoms with Crippen molar-refractivity contribution in [3.63, 3.8) is 0 Å². The standard InChI is InChI=1S/C56H64N10O5S/c1-6-18-64(19-7-2)54(69)45-28-42-13-10-40(30-50(42)61-52(57)32-45)39-16-17-49-48(27-39)35-60-66(56(49)71)23-25-72-37-58-53-33-46(55(70)65(20-8-3)21-9-4)29-43-14-11-41(31-51(43)62-53)38-12-15-44(36-68)47(26-38)34-59-63(5)22-24-67/h10-17,24,26-31,34-36H,6-9,18-23,25,32-33,37H2,1-5H3,(H2,57,61)(H,58,62)/b59-34-. The van der Waals surface area contributed by atoms with Gasteiger partial charge in [0.15, 0.2) is 6.29 Å². The lowest BCUT2D eigenvalue weighted by atomic mass is 9.97. The lowest BCUT2D eigenvalue weighted by Gasteiger charge is -2.23. The molecule has 1 aromatic heterocycles. The minimum Gasteiger partial charge on any atom is -0.387 e. The summed E-state index contributed by atoms with van der Waals surface area (Å²) in [6.45, 7) is 11.5. The van der Waals surface area contributed by atoms with Gasteiger partial charge in [0, 0.05) is 90.6 Å². The number of nitrogens with one attached hydrogen (secondary N) is 1. The molecule has 2 aliphatic rings. The number of hydrogen-bond acceptors (Lipinski definition) is 13. The van der Waals surface area contributed by atoms with E-state index < -0.39 is 0 Å². The van der Waals surface area contributed by atoms with Gasteiger partial charge in [0.05, 0.1) is 48.1 Å². The summed E-state index contributed by atoms with van der Waals surface area (Å²) in [7, 11) is 1.68. The Morgan fingerprint density at radius 1 is 0.750 bits per heavy atom. The summed E-state index contributed by atoms with van der Waals surface area (Å²) in [6.07, 6.45) is 12.7. The minimum atomic E-state index is -0.183. The zero-order valence-electron chi connectivity index (χ0n) is 41.9. The number of likely N-dealkylation sites (N-methyl/N-ethyl adjacent to an activating group) is 1. The number of carbonyl (C=O) groups excluding carboxylic acids is 4. The molecule has 3 N–H and O–H groups in total. The van der Waals surface area contributed by atoms with Crippen LogP contribution in [0.5, 0.6) is 0 Å². The fraction of sp³-hybridized carbons (Fsp3) is 0.339. The molecule has 15 nitrogen and oxygen atoms in total. The Hall–Kier alpha value is -7.46. The van der Waals surface area contributed by atoms with E-state index in [9.17, 15) is 24.0 Å². The van der Waals surface area contributed by atoms with Crippen molar-refractivity contribution >= 4 is 88.3 Å². The number of carbonyl (C=O) groups is 4. The summed E-state index contributed by atoms with van der Waals surface area (Å²) in [4.78, 5) is 77.8. The fourth-order valence-corrected chi connectivity index (χ4v) is 9.50. The Bertz CT molecular complexity index is 3030. The van der Waals surface area contributed by atoms with Crippen LogP contribution in [0.15, 0.2) is 110 Å². The maximum Gasteiger partial charge on any atom is 0.274 e. The fourth-order valence-electron chi connectivity index (χ4n) is 8.78. The number of aliphatic imine (C=N–C) groups is 2. The molecule has 72 heavy (non-hydrogen) atoms. The number of amidine groups is 2. The summed E-state index contributed by atoms with van der Waals surface area (Å²) in [6, 6.07) is 23.0. The van der Waals surface area contributed by atoms with E-state index in [1.165, 1.54) is 9.69 Å². The van der Waals surface area contributed by atoms with Gasteiger partial charge in [0.2, 0.25) is 11.8 Å². The SMILES string of the molecule is CCCN(CCC)C(=O)C1=Cc2ccc(-c3ccc4c(=O)n(CCSCNC5=Nc6cc(-c7ccc(C=O)c(/C=N\N(C)CC=O)c7)ccc6C=C(C(=O)N(CCC)CCC)C5)ncc4c3)cc2N=C(N)C1. The predicted molar refractivity (Wildman–Crippen MR) is 293 cm³/mol. The Morgan fingerprint density at radius 2 is 1.32 bits per heavy atom. The number of amides is 2. The van der Waals surface area contributed by atoms with Gasteiger partial charge >= 0.3 is 0 Å². The van der Waals surface area contributed by atoms with E-state index in [4.69, 9.17) is 15.7 Å². The van der Waals surface area contributed by atoms with Gasteiger partial charge in [0.1, 0.15) is 18.0 Å². The van der Waals surface area contributed by atoms with E-state index >= 15 is 0 Å². The van der Waals surface area contributed by atoms with Crippen molar-refractivity contribution in [1.82, 2.24) is 29.9 Å². The molecule has 0 bridgehead atoms. The molecule has 0 saturated carbocycles. The third-order valence-corrected chi connectivity index (χ3v) is 13.2. The molecule has 2 aliphatic heterocycles.